The maximum absolute atomic E-state index is 12.9. The molecule has 6 heteroatoms. The lowest BCUT2D eigenvalue weighted by Crippen LogP contribution is -2.24. The van der Waals surface area contributed by atoms with Crippen LogP contribution < -0.4 is 16.3 Å². The molecule has 0 aliphatic carbocycles. The van der Waals surface area contributed by atoms with Gasteiger partial charge in [0, 0.05) is 16.5 Å². The zero-order valence-corrected chi connectivity index (χ0v) is 14.2. The van der Waals surface area contributed by atoms with E-state index in [-0.39, 0.29) is 24.0 Å². The van der Waals surface area contributed by atoms with Gasteiger partial charge in [0.2, 0.25) is 5.91 Å². The second kappa shape index (κ2) is 6.92. The molecule has 0 radical (unpaired) electrons. The fourth-order valence-corrected chi connectivity index (χ4v) is 2.89. The molecule has 0 atom stereocenters. The van der Waals surface area contributed by atoms with E-state index >= 15 is 0 Å². The van der Waals surface area contributed by atoms with E-state index in [1.807, 2.05) is 36.4 Å². The first-order valence-electron chi connectivity index (χ1n) is 8.35. The average molecular weight is 362 g/mol. The summed E-state index contributed by atoms with van der Waals surface area (Å²) in [5.41, 5.74) is 0.639. The number of hydrogen-bond donors (Lipinski definition) is 2. The number of amides is 1. The molecule has 0 aliphatic rings. The number of hydrogen-bond acceptors (Lipinski definition) is 4. The summed E-state index contributed by atoms with van der Waals surface area (Å²) in [5.74, 6) is -0.743. The standard InChI is InChI=1S/C21H15FN2O3/c22-15-7-9-16(10-8-15)24-19(25)12-23-18-11-14-6-5-13-3-1-2-4-17(13)20(14)27-21(18)26/h1-11,23H,12H2,(H,24,25). The molecule has 0 saturated heterocycles. The van der Waals surface area contributed by atoms with E-state index in [0.717, 1.165) is 16.2 Å². The van der Waals surface area contributed by atoms with E-state index < -0.39 is 5.63 Å². The zero-order valence-electron chi connectivity index (χ0n) is 14.2. The van der Waals surface area contributed by atoms with Crippen LogP contribution in [0.2, 0.25) is 0 Å². The van der Waals surface area contributed by atoms with Gasteiger partial charge in [-0.2, -0.15) is 0 Å². The molecular formula is C21H15FN2O3. The van der Waals surface area contributed by atoms with Gasteiger partial charge < -0.3 is 15.1 Å². The van der Waals surface area contributed by atoms with Crippen LogP contribution in [0.15, 0.2) is 75.9 Å². The fourth-order valence-electron chi connectivity index (χ4n) is 2.89. The van der Waals surface area contributed by atoms with Gasteiger partial charge in [0.15, 0.2) is 0 Å². The van der Waals surface area contributed by atoms with Crippen LogP contribution in [0.25, 0.3) is 21.7 Å². The highest BCUT2D eigenvalue weighted by atomic mass is 19.1. The summed E-state index contributed by atoms with van der Waals surface area (Å²) in [4.78, 5) is 24.3. The first-order valence-corrected chi connectivity index (χ1v) is 8.35. The lowest BCUT2D eigenvalue weighted by atomic mass is 10.1. The SMILES string of the molecule is O=C(CNc1cc2ccc3ccccc3c2oc1=O)Nc1ccc(F)cc1. The van der Waals surface area contributed by atoms with Gasteiger partial charge in [0.1, 0.15) is 17.1 Å². The van der Waals surface area contributed by atoms with Crippen LogP contribution in [0, 0.1) is 5.82 Å². The fraction of sp³-hybridized carbons (Fsp3) is 0.0476. The molecule has 0 fully saturated rings. The van der Waals surface area contributed by atoms with Gasteiger partial charge in [0.05, 0.1) is 6.54 Å². The van der Waals surface area contributed by atoms with Crippen molar-refractivity contribution >= 4 is 39.0 Å². The van der Waals surface area contributed by atoms with Crippen LogP contribution in [-0.4, -0.2) is 12.5 Å². The summed E-state index contributed by atoms with van der Waals surface area (Å²) in [6.45, 7) is -0.124. The molecule has 134 valence electrons. The molecule has 2 N–H and O–H groups in total. The van der Waals surface area contributed by atoms with Crippen LogP contribution in [0.5, 0.6) is 0 Å². The highest BCUT2D eigenvalue weighted by Crippen LogP contribution is 2.25. The van der Waals surface area contributed by atoms with Crippen molar-refractivity contribution in [1.29, 1.82) is 0 Å². The Morgan fingerprint density at radius 2 is 1.70 bits per heavy atom. The molecule has 0 saturated carbocycles. The molecule has 1 aromatic heterocycles. The van der Waals surface area contributed by atoms with Crippen molar-refractivity contribution in [3.8, 4) is 0 Å². The quantitative estimate of drug-likeness (QED) is 0.423. The van der Waals surface area contributed by atoms with Crippen molar-refractivity contribution in [1.82, 2.24) is 0 Å². The van der Waals surface area contributed by atoms with E-state index in [1.54, 1.807) is 6.07 Å². The number of anilines is 2. The number of halogens is 1. The van der Waals surface area contributed by atoms with Crippen LogP contribution in [0.1, 0.15) is 0 Å². The van der Waals surface area contributed by atoms with E-state index in [1.165, 1.54) is 24.3 Å². The summed E-state index contributed by atoms with van der Waals surface area (Å²) >= 11 is 0. The van der Waals surface area contributed by atoms with Crippen molar-refractivity contribution < 1.29 is 13.6 Å². The largest absolute Gasteiger partial charge is 0.421 e. The Labute approximate surface area is 153 Å². The van der Waals surface area contributed by atoms with Crippen LogP contribution in [0.4, 0.5) is 15.8 Å². The summed E-state index contributed by atoms with van der Waals surface area (Å²) in [7, 11) is 0. The number of benzene rings is 3. The van der Waals surface area contributed by atoms with Gasteiger partial charge in [-0.15, -0.1) is 0 Å². The maximum Gasteiger partial charge on any atom is 0.359 e. The predicted molar refractivity (Wildman–Crippen MR) is 104 cm³/mol. The van der Waals surface area contributed by atoms with Crippen LogP contribution in [-0.2, 0) is 4.79 Å². The van der Waals surface area contributed by atoms with Crippen LogP contribution in [0.3, 0.4) is 0 Å². The van der Waals surface area contributed by atoms with Crippen molar-refractivity contribution in [2.45, 2.75) is 0 Å². The second-order valence-corrected chi connectivity index (χ2v) is 6.06. The smallest absolute Gasteiger partial charge is 0.359 e. The molecule has 0 aliphatic heterocycles. The number of carbonyl (C=O) groups excluding carboxylic acids is 1. The summed E-state index contributed by atoms with van der Waals surface area (Å²) in [6.07, 6.45) is 0. The molecule has 5 nitrogen and oxygen atoms in total. The Kier molecular flexibility index (Phi) is 4.30. The van der Waals surface area contributed by atoms with Gasteiger partial charge in [-0.05, 0) is 35.7 Å². The molecule has 4 rings (SSSR count). The zero-order chi connectivity index (χ0) is 18.8. The number of nitrogens with one attached hydrogen (secondary N) is 2. The first kappa shape index (κ1) is 16.8. The van der Waals surface area contributed by atoms with Gasteiger partial charge in [0.25, 0.3) is 0 Å². The Morgan fingerprint density at radius 1 is 0.963 bits per heavy atom. The molecule has 0 spiro atoms. The Hall–Kier alpha value is -3.67. The molecule has 1 heterocycles. The van der Waals surface area contributed by atoms with Crippen molar-refractivity contribution in [3.63, 3.8) is 0 Å². The lowest BCUT2D eigenvalue weighted by Gasteiger charge is -2.08. The van der Waals surface area contributed by atoms with E-state index in [9.17, 15) is 14.0 Å². The van der Waals surface area contributed by atoms with Crippen LogP contribution >= 0.6 is 0 Å². The Morgan fingerprint density at radius 3 is 2.52 bits per heavy atom. The molecule has 1 amide bonds. The molecular weight excluding hydrogens is 347 g/mol. The van der Waals surface area contributed by atoms with E-state index in [0.29, 0.717) is 11.3 Å². The third-order valence-corrected chi connectivity index (χ3v) is 4.19. The number of carbonyl (C=O) groups is 1. The highest BCUT2D eigenvalue weighted by molar-refractivity contribution is 6.04. The molecule has 0 bridgehead atoms. The van der Waals surface area contributed by atoms with Gasteiger partial charge in [-0.3, -0.25) is 4.79 Å². The third-order valence-electron chi connectivity index (χ3n) is 4.19. The van der Waals surface area contributed by atoms with Gasteiger partial charge in [-0.1, -0.05) is 36.4 Å². The lowest BCUT2D eigenvalue weighted by molar-refractivity contribution is -0.114. The minimum absolute atomic E-state index is 0.124. The average Bonchev–Trinajstić information content (AvgIpc) is 2.68. The van der Waals surface area contributed by atoms with Crippen molar-refractivity contribution in [3.05, 3.63) is 83.0 Å². The molecule has 0 unspecified atom stereocenters. The van der Waals surface area contributed by atoms with E-state index in [2.05, 4.69) is 10.6 Å². The van der Waals surface area contributed by atoms with Gasteiger partial charge in [-0.25, -0.2) is 9.18 Å². The molecule has 27 heavy (non-hydrogen) atoms. The maximum atomic E-state index is 12.9. The molecule has 3 aromatic carbocycles. The highest BCUT2D eigenvalue weighted by Gasteiger charge is 2.10. The van der Waals surface area contributed by atoms with Crippen molar-refractivity contribution in [2.75, 3.05) is 17.2 Å². The van der Waals surface area contributed by atoms with Crippen molar-refractivity contribution in [2.24, 2.45) is 0 Å². The molecule has 4 aromatic rings. The van der Waals surface area contributed by atoms with Gasteiger partial charge >= 0.3 is 5.63 Å². The van der Waals surface area contributed by atoms with E-state index in [4.69, 9.17) is 4.42 Å². The monoisotopic (exact) mass is 362 g/mol. The minimum Gasteiger partial charge on any atom is -0.421 e. The Balaban J connectivity index is 1.54. The minimum atomic E-state index is -0.548. The summed E-state index contributed by atoms with van der Waals surface area (Å²) < 4.78 is 18.4. The summed E-state index contributed by atoms with van der Waals surface area (Å²) in [6, 6.07) is 18.5. The topological polar surface area (TPSA) is 71.3 Å². The Bertz CT molecular complexity index is 1200. The number of fused-ring (bicyclic) bond motifs is 3. The third kappa shape index (κ3) is 3.50. The first-order chi connectivity index (χ1) is 13.1. The number of rotatable bonds is 4. The summed E-state index contributed by atoms with van der Waals surface area (Å²) in [5, 5.41) is 8.00. The normalized spacial score (nSPS) is 10.9. The second-order valence-electron chi connectivity index (χ2n) is 6.06. The predicted octanol–water partition coefficient (Wildman–Crippen LogP) is 4.14.